The van der Waals surface area contributed by atoms with Gasteiger partial charge in [0.1, 0.15) is 5.82 Å². The van der Waals surface area contributed by atoms with Gasteiger partial charge in [0, 0.05) is 26.1 Å². The number of aryl methyl sites for hydroxylation is 1. The number of aromatic nitrogens is 4. The minimum absolute atomic E-state index is 0.0779. The zero-order valence-corrected chi connectivity index (χ0v) is 17.4. The molecule has 2 aliphatic rings. The molecule has 3 aromatic rings. The molecule has 1 aromatic carbocycles. The summed E-state index contributed by atoms with van der Waals surface area (Å²) in [7, 11) is -1.84. The van der Waals surface area contributed by atoms with Crippen LogP contribution in [0.4, 0.5) is 5.82 Å². The Morgan fingerprint density at radius 1 is 1.03 bits per heavy atom. The van der Waals surface area contributed by atoms with Crippen molar-refractivity contribution in [1.29, 1.82) is 0 Å². The SMILES string of the molecule is Cc1ccc(S(=O)(=O)N(C)C2CN(c3ccc4nnc(C5CCC5)n4n3)C2)cc1. The van der Waals surface area contributed by atoms with Gasteiger partial charge >= 0.3 is 0 Å². The van der Waals surface area contributed by atoms with E-state index in [9.17, 15) is 8.42 Å². The van der Waals surface area contributed by atoms with Crippen LogP contribution in [0.5, 0.6) is 0 Å². The smallest absolute Gasteiger partial charge is 0.243 e. The molecule has 1 aliphatic heterocycles. The van der Waals surface area contributed by atoms with Gasteiger partial charge in [-0.3, -0.25) is 0 Å². The molecule has 2 fully saturated rings. The molecule has 3 heterocycles. The van der Waals surface area contributed by atoms with Gasteiger partial charge in [0.2, 0.25) is 10.0 Å². The molecule has 9 heteroatoms. The monoisotopic (exact) mass is 412 g/mol. The lowest BCUT2D eigenvalue weighted by Gasteiger charge is -2.43. The van der Waals surface area contributed by atoms with Gasteiger partial charge in [-0.25, -0.2) is 8.42 Å². The molecule has 0 atom stereocenters. The van der Waals surface area contributed by atoms with E-state index in [4.69, 9.17) is 5.10 Å². The van der Waals surface area contributed by atoms with Crippen LogP contribution in [0.15, 0.2) is 41.3 Å². The molecule has 1 saturated heterocycles. The van der Waals surface area contributed by atoms with E-state index in [0.717, 1.165) is 35.7 Å². The van der Waals surface area contributed by atoms with Crippen molar-refractivity contribution in [1.82, 2.24) is 24.1 Å². The second-order valence-electron chi connectivity index (χ2n) is 8.04. The van der Waals surface area contributed by atoms with Crippen LogP contribution in [0.25, 0.3) is 5.65 Å². The van der Waals surface area contributed by atoms with Crippen molar-refractivity contribution in [3.63, 3.8) is 0 Å². The highest BCUT2D eigenvalue weighted by molar-refractivity contribution is 7.89. The van der Waals surface area contributed by atoms with Gasteiger partial charge in [-0.15, -0.1) is 15.3 Å². The fraction of sp³-hybridized carbons (Fsp3) is 0.450. The van der Waals surface area contributed by atoms with Crippen LogP contribution in [0.1, 0.15) is 36.6 Å². The van der Waals surface area contributed by atoms with Gasteiger partial charge in [-0.2, -0.15) is 8.82 Å². The first-order chi connectivity index (χ1) is 13.9. The summed E-state index contributed by atoms with van der Waals surface area (Å²) < 4.78 is 29.1. The third-order valence-corrected chi connectivity index (χ3v) is 8.07. The molecule has 1 aliphatic carbocycles. The van der Waals surface area contributed by atoms with Crippen LogP contribution in [-0.4, -0.2) is 58.7 Å². The van der Waals surface area contributed by atoms with Gasteiger partial charge in [-0.1, -0.05) is 24.1 Å². The van der Waals surface area contributed by atoms with Crippen molar-refractivity contribution >= 4 is 21.5 Å². The zero-order chi connectivity index (χ0) is 20.2. The standard InChI is InChI=1S/C20H24N6O2S/c1-14-6-8-17(9-7-14)29(27,28)24(2)16-12-25(13-16)19-11-10-18-21-22-20(26(18)23-19)15-4-3-5-15/h6-11,15-16H,3-5,12-13H2,1-2H3. The minimum Gasteiger partial charge on any atom is -0.352 e. The maximum Gasteiger partial charge on any atom is 0.243 e. The van der Waals surface area contributed by atoms with Gasteiger partial charge in [-0.05, 0) is 44.0 Å². The predicted octanol–water partition coefficient (Wildman–Crippen LogP) is 2.21. The number of anilines is 1. The first-order valence-electron chi connectivity index (χ1n) is 9.95. The maximum atomic E-state index is 12.9. The molecule has 8 nitrogen and oxygen atoms in total. The largest absolute Gasteiger partial charge is 0.352 e. The quantitative estimate of drug-likeness (QED) is 0.639. The Labute approximate surface area is 170 Å². The average Bonchev–Trinajstić information content (AvgIpc) is 3.02. The molecule has 0 amide bonds. The lowest BCUT2D eigenvalue weighted by atomic mass is 9.85. The lowest BCUT2D eigenvalue weighted by molar-refractivity contribution is 0.308. The van der Waals surface area contributed by atoms with Gasteiger partial charge < -0.3 is 4.90 Å². The predicted molar refractivity (Wildman–Crippen MR) is 110 cm³/mol. The van der Waals surface area contributed by atoms with Crippen LogP contribution >= 0.6 is 0 Å². The molecule has 1 saturated carbocycles. The number of fused-ring (bicyclic) bond motifs is 1. The Morgan fingerprint density at radius 2 is 1.76 bits per heavy atom. The van der Waals surface area contributed by atoms with E-state index < -0.39 is 10.0 Å². The van der Waals surface area contributed by atoms with Crippen molar-refractivity contribution in [2.24, 2.45) is 0 Å². The van der Waals surface area contributed by atoms with Crippen LogP contribution in [0.2, 0.25) is 0 Å². The molecular weight excluding hydrogens is 388 g/mol. The Kier molecular flexibility index (Phi) is 4.32. The van der Waals surface area contributed by atoms with E-state index >= 15 is 0 Å². The van der Waals surface area contributed by atoms with E-state index in [1.54, 1.807) is 19.2 Å². The van der Waals surface area contributed by atoms with Crippen LogP contribution < -0.4 is 4.90 Å². The number of rotatable bonds is 5. The first-order valence-corrected chi connectivity index (χ1v) is 11.4. The molecule has 5 rings (SSSR count). The van der Waals surface area contributed by atoms with Gasteiger partial charge in [0.15, 0.2) is 11.5 Å². The summed E-state index contributed by atoms with van der Waals surface area (Å²) in [6.07, 6.45) is 3.51. The number of hydrogen-bond donors (Lipinski definition) is 0. The molecule has 29 heavy (non-hydrogen) atoms. The van der Waals surface area contributed by atoms with E-state index in [1.807, 2.05) is 35.7 Å². The molecule has 152 valence electrons. The molecule has 2 aromatic heterocycles. The van der Waals surface area contributed by atoms with E-state index in [0.29, 0.717) is 23.9 Å². The molecule has 0 N–H and O–H groups in total. The normalized spacial score (nSPS) is 18.2. The second-order valence-corrected chi connectivity index (χ2v) is 10.0. The fourth-order valence-electron chi connectivity index (χ4n) is 3.83. The Balaban J connectivity index is 1.32. The Morgan fingerprint density at radius 3 is 2.41 bits per heavy atom. The average molecular weight is 413 g/mol. The van der Waals surface area contributed by atoms with E-state index in [2.05, 4.69) is 15.1 Å². The topological polar surface area (TPSA) is 83.7 Å². The summed E-state index contributed by atoms with van der Waals surface area (Å²) in [5, 5.41) is 13.3. The maximum absolute atomic E-state index is 12.9. The third-order valence-electron chi connectivity index (χ3n) is 6.14. The van der Waals surface area contributed by atoms with E-state index in [1.165, 1.54) is 10.7 Å². The van der Waals surface area contributed by atoms with Crippen molar-refractivity contribution in [3.05, 3.63) is 47.8 Å². The van der Waals surface area contributed by atoms with Crippen LogP contribution in [-0.2, 0) is 10.0 Å². The Bertz CT molecular complexity index is 1150. The minimum atomic E-state index is -3.50. The molecule has 0 spiro atoms. The number of hydrogen-bond acceptors (Lipinski definition) is 6. The summed E-state index contributed by atoms with van der Waals surface area (Å²) in [4.78, 5) is 2.42. The van der Waals surface area contributed by atoms with E-state index in [-0.39, 0.29) is 6.04 Å². The summed E-state index contributed by atoms with van der Waals surface area (Å²) >= 11 is 0. The van der Waals surface area contributed by atoms with Crippen molar-refractivity contribution in [3.8, 4) is 0 Å². The molecule has 0 unspecified atom stereocenters. The number of benzene rings is 1. The summed E-state index contributed by atoms with van der Waals surface area (Å²) in [5.74, 6) is 2.21. The first kappa shape index (κ1) is 18.5. The highest BCUT2D eigenvalue weighted by Crippen LogP contribution is 2.35. The second kappa shape index (κ2) is 6.77. The molecular formula is C20H24N6O2S. The summed E-state index contributed by atoms with van der Waals surface area (Å²) in [6.45, 7) is 3.17. The zero-order valence-electron chi connectivity index (χ0n) is 16.6. The van der Waals surface area contributed by atoms with Gasteiger partial charge in [0.05, 0.1) is 10.9 Å². The van der Waals surface area contributed by atoms with Crippen LogP contribution in [0, 0.1) is 6.92 Å². The Hall–Kier alpha value is -2.52. The highest BCUT2D eigenvalue weighted by atomic mass is 32.2. The number of sulfonamides is 1. The van der Waals surface area contributed by atoms with Gasteiger partial charge in [0.25, 0.3) is 0 Å². The lowest BCUT2D eigenvalue weighted by Crippen LogP contribution is -2.60. The number of likely N-dealkylation sites (N-methyl/N-ethyl adjacent to an activating group) is 1. The van der Waals surface area contributed by atoms with Crippen molar-refractivity contribution in [2.45, 2.75) is 43.0 Å². The summed E-state index contributed by atoms with van der Waals surface area (Å²) in [6, 6.07) is 10.8. The van der Waals surface area contributed by atoms with Crippen LogP contribution in [0.3, 0.4) is 0 Å². The van der Waals surface area contributed by atoms with Crippen molar-refractivity contribution in [2.75, 3.05) is 25.0 Å². The third kappa shape index (κ3) is 3.08. The number of nitrogens with zero attached hydrogens (tertiary/aromatic N) is 6. The fourth-order valence-corrected chi connectivity index (χ4v) is 5.17. The summed E-state index contributed by atoms with van der Waals surface area (Å²) in [5.41, 5.74) is 1.80. The van der Waals surface area contributed by atoms with Crippen molar-refractivity contribution < 1.29 is 8.42 Å². The molecule has 0 radical (unpaired) electrons. The highest BCUT2D eigenvalue weighted by Gasteiger charge is 2.37. The molecule has 0 bridgehead atoms.